The summed E-state index contributed by atoms with van der Waals surface area (Å²) in [5.74, 6) is 0.698. The lowest BCUT2D eigenvalue weighted by Crippen LogP contribution is -1.93. The minimum absolute atomic E-state index is 0.0403. The molecule has 0 aliphatic heterocycles. The molecule has 1 heterocycles. The quantitative estimate of drug-likeness (QED) is 0.610. The van der Waals surface area contributed by atoms with Gasteiger partial charge in [0.15, 0.2) is 5.78 Å². The van der Waals surface area contributed by atoms with E-state index in [0.29, 0.717) is 5.56 Å². The minimum atomic E-state index is -0.0403. The van der Waals surface area contributed by atoms with Crippen LogP contribution in [0.15, 0.2) is 42.7 Å². The number of carbonyl (C=O) groups excluding carboxylic acids is 1. The number of carbonyl (C=O) groups is 1. The summed E-state index contributed by atoms with van der Waals surface area (Å²) in [6, 6.07) is 7.03. The van der Waals surface area contributed by atoms with Crippen LogP contribution < -0.4 is 4.74 Å². The number of allylic oxidation sites excluding steroid dienone is 1. The van der Waals surface area contributed by atoms with E-state index < -0.39 is 0 Å². The van der Waals surface area contributed by atoms with E-state index in [1.165, 1.54) is 0 Å². The van der Waals surface area contributed by atoms with Crippen molar-refractivity contribution < 1.29 is 9.53 Å². The highest BCUT2D eigenvalue weighted by molar-refractivity contribution is 6.06. The van der Waals surface area contributed by atoms with Crippen molar-refractivity contribution >= 4 is 11.9 Å². The Morgan fingerprint density at radius 3 is 2.61 bits per heavy atom. The Kier molecular flexibility index (Phi) is 3.57. The maximum absolute atomic E-state index is 11.9. The molecule has 0 aliphatic rings. The highest BCUT2D eigenvalue weighted by Gasteiger charge is 2.01. The smallest absolute Gasteiger partial charge is 0.185 e. The molecule has 0 fully saturated rings. The normalized spacial score (nSPS) is 10.8. The molecule has 0 radical (unpaired) electrons. The monoisotopic (exact) mass is 242 g/mol. The van der Waals surface area contributed by atoms with Crippen LogP contribution in [-0.4, -0.2) is 22.7 Å². The number of ether oxygens (including phenoxy) is 1. The molecule has 2 aromatic rings. The third-order valence-corrected chi connectivity index (χ3v) is 2.53. The molecule has 1 aromatic heterocycles. The summed E-state index contributed by atoms with van der Waals surface area (Å²) in [4.78, 5) is 11.9. The minimum Gasteiger partial charge on any atom is -0.497 e. The van der Waals surface area contributed by atoms with Crippen molar-refractivity contribution in [2.45, 2.75) is 0 Å². The summed E-state index contributed by atoms with van der Waals surface area (Å²) in [5, 5.41) is 4.03. The molecule has 4 nitrogen and oxygen atoms in total. The highest BCUT2D eigenvalue weighted by Crippen LogP contribution is 2.12. The van der Waals surface area contributed by atoms with Crippen LogP contribution in [0.4, 0.5) is 0 Å². The van der Waals surface area contributed by atoms with E-state index in [-0.39, 0.29) is 5.78 Å². The molecule has 0 bridgehead atoms. The number of methoxy groups -OCH3 is 1. The number of hydrogen-bond acceptors (Lipinski definition) is 3. The zero-order valence-electron chi connectivity index (χ0n) is 10.3. The molecule has 0 saturated heterocycles. The van der Waals surface area contributed by atoms with Gasteiger partial charge in [0.05, 0.1) is 13.3 Å². The molecular formula is C14H14N2O2. The van der Waals surface area contributed by atoms with Crippen LogP contribution in [-0.2, 0) is 7.05 Å². The first-order valence-corrected chi connectivity index (χ1v) is 5.54. The zero-order valence-corrected chi connectivity index (χ0v) is 10.3. The molecule has 0 aliphatic carbocycles. The van der Waals surface area contributed by atoms with E-state index in [1.807, 2.05) is 13.2 Å². The van der Waals surface area contributed by atoms with E-state index in [9.17, 15) is 4.79 Å². The van der Waals surface area contributed by atoms with Crippen LogP contribution in [0, 0.1) is 0 Å². The summed E-state index contributed by atoms with van der Waals surface area (Å²) >= 11 is 0. The molecule has 92 valence electrons. The van der Waals surface area contributed by atoms with Crippen molar-refractivity contribution in [3.05, 3.63) is 53.9 Å². The first-order valence-electron chi connectivity index (χ1n) is 5.54. The van der Waals surface area contributed by atoms with Crippen molar-refractivity contribution in [3.8, 4) is 5.75 Å². The van der Waals surface area contributed by atoms with E-state index in [4.69, 9.17) is 4.74 Å². The molecule has 0 atom stereocenters. The summed E-state index contributed by atoms with van der Waals surface area (Å²) < 4.78 is 6.73. The van der Waals surface area contributed by atoms with Crippen LogP contribution in [0.2, 0.25) is 0 Å². The molecule has 18 heavy (non-hydrogen) atoms. The average Bonchev–Trinajstić information content (AvgIpc) is 2.82. The van der Waals surface area contributed by atoms with Crippen molar-refractivity contribution in [2.75, 3.05) is 7.11 Å². The third kappa shape index (κ3) is 2.85. The summed E-state index contributed by atoms with van der Waals surface area (Å²) in [7, 11) is 3.43. The van der Waals surface area contributed by atoms with Crippen molar-refractivity contribution in [1.29, 1.82) is 0 Å². The van der Waals surface area contributed by atoms with E-state index in [0.717, 1.165) is 11.3 Å². The van der Waals surface area contributed by atoms with Gasteiger partial charge in [-0.3, -0.25) is 9.48 Å². The molecule has 0 spiro atoms. The second-order valence-corrected chi connectivity index (χ2v) is 3.87. The standard InChI is InChI=1S/C14H14N2O2/c1-16-10-11(9-15-16)3-8-14(17)12-4-6-13(18-2)7-5-12/h3-10H,1-2H3/b8-3+. The maximum Gasteiger partial charge on any atom is 0.185 e. The van der Waals surface area contributed by atoms with Crippen molar-refractivity contribution in [3.63, 3.8) is 0 Å². The lowest BCUT2D eigenvalue weighted by molar-refractivity contribution is 0.104. The van der Waals surface area contributed by atoms with Gasteiger partial charge >= 0.3 is 0 Å². The average molecular weight is 242 g/mol. The number of aryl methyl sites for hydroxylation is 1. The van der Waals surface area contributed by atoms with Crippen LogP contribution in [0.3, 0.4) is 0 Å². The fourth-order valence-electron chi connectivity index (χ4n) is 1.55. The van der Waals surface area contributed by atoms with Crippen LogP contribution in [0.5, 0.6) is 5.75 Å². The van der Waals surface area contributed by atoms with E-state index in [1.54, 1.807) is 54.4 Å². The number of rotatable bonds is 4. The second-order valence-electron chi connectivity index (χ2n) is 3.87. The van der Waals surface area contributed by atoms with Gasteiger partial charge in [-0.2, -0.15) is 5.10 Å². The van der Waals surface area contributed by atoms with E-state index in [2.05, 4.69) is 5.10 Å². The van der Waals surface area contributed by atoms with Gasteiger partial charge in [0.2, 0.25) is 0 Å². The van der Waals surface area contributed by atoms with Gasteiger partial charge in [-0.05, 0) is 36.4 Å². The van der Waals surface area contributed by atoms with Crippen LogP contribution in [0.1, 0.15) is 15.9 Å². The van der Waals surface area contributed by atoms with Gasteiger partial charge < -0.3 is 4.74 Å². The Morgan fingerprint density at radius 1 is 1.33 bits per heavy atom. The largest absolute Gasteiger partial charge is 0.497 e. The topological polar surface area (TPSA) is 44.1 Å². The Bertz CT molecular complexity index is 568. The van der Waals surface area contributed by atoms with Gasteiger partial charge in [-0.15, -0.1) is 0 Å². The molecule has 0 amide bonds. The summed E-state index contributed by atoms with van der Waals surface area (Å²) in [5.41, 5.74) is 1.54. The zero-order chi connectivity index (χ0) is 13.0. The molecule has 0 unspecified atom stereocenters. The number of nitrogens with zero attached hydrogens (tertiary/aromatic N) is 2. The van der Waals surface area contributed by atoms with Gasteiger partial charge in [0.25, 0.3) is 0 Å². The van der Waals surface area contributed by atoms with Gasteiger partial charge in [-0.1, -0.05) is 0 Å². The first-order chi connectivity index (χ1) is 8.69. The van der Waals surface area contributed by atoms with Gasteiger partial charge in [-0.25, -0.2) is 0 Å². The Balaban J connectivity index is 2.09. The SMILES string of the molecule is COc1ccc(C(=O)/C=C/c2cnn(C)c2)cc1. The lowest BCUT2D eigenvalue weighted by Gasteiger charge is -1.99. The first kappa shape index (κ1) is 12.1. The Hall–Kier alpha value is -2.36. The molecule has 0 saturated carbocycles. The maximum atomic E-state index is 11.9. The highest BCUT2D eigenvalue weighted by atomic mass is 16.5. The molecular weight excluding hydrogens is 228 g/mol. The lowest BCUT2D eigenvalue weighted by atomic mass is 10.1. The molecule has 1 aromatic carbocycles. The predicted octanol–water partition coefficient (Wildman–Crippen LogP) is 2.32. The van der Waals surface area contributed by atoms with Crippen LogP contribution in [0.25, 0.3) is 6.08 Å². The second kappa shape index (κ2) is 5.31. The van der Waals surface area contributed by atoms with Crippen molar-refractivity contribution in [2.24, 2.45) is 7.05 Å². The molecule has 2 rings (SSSR count). The fourth-order valence-corrected chi connectivity index (χ4v) is 1.55. The predicted molar refractivity (Wildman–Crippen MR) is 69.6 cm³/mol. The summed E-state index contributed by atoms with van der Waals surface area (Å²) in [6.45, 7) is 0. The number of hydrogen-bond donors (Lipinski definition) is 0. The number of benzene rings is 1. The fraction of sp³-hybridized carbons (Fsp3) is 0.143. The van der Waals surface area contributed by atoms with Gasteiger partial charge in [0, 0.05) is 24.4 Å². The third-order valence-electron chi connectivity index (χ3n) is 2.53. The van der Waals surface area contributed by atoms with Crippen LogP contribution >= 0.6 is 0 Å². The number of aromatic nitrogens is 2. The molecule has 0 N–H and O–H groups in total. The Labute approximate surface area is 106 Å². The number of ketones is 1. The molecule has 4 heteroatoms. The van der Waals surface area contributed by atoms with E-state index >= 15 is 0 Å². The van der Waals surface area contributed by atoms with Gasteiger partial charge in [0.1, 0.15) is 5.75 Å². The summed E-state index contributed by atoms with van der Waals surface area (Å²) in [6.07, 6.45) is 6.84. The Morgan fingerprint density at radius 2 is 2.06 bits per heavy atom. The van der Waals surface area contributed by atoms with Crippen molar-refractivity contribution in [1.82, 2.24) is 9.78 Å².